The van der Waals surface area contributed by atoms with E-state index in [0.29, 0.717) is 11.5 Å². The molecular formula is C14H16N4O3. The molecule has 1 saturated heterocycles. The van der Waals surface area contributed by atoms with Gasteiger partial charge in [-0.15, -0.1) is 5.10 Å². The van der Waals surface area contributed by atoms with Crippen molar-refractivity contribution in [2.75, 3.05) is 6.61 Å². The molecule has 2 aromatic heterocycles. The first kappa shape index (κ1) is 13.7. The number of aromatic nitrogens is 4. The average Bonchev–Trinajstić information content (AvgIpc) is 2.90. The van der Waals surface area contributed by atoms with Gasteiger partial charge >= 0.3 is 5.97 Å². The molecule has 21 heavy (non-hydrogen) atoms. The molecule has 1 fully saturated rings. The summed E-state index contributed by atoms with van der Waals surface area (Å²) in [5.74, 6) is 0.249. The summed E-state index contributed by atoms with van der Waals surface area (Å²) in [5.41, 5.74) is 0.697. The summed E-state index contributed by atoms with van der Waals surface area (Å²) in [4.78, 5) is 19.3. The number of nitrogens with zero attached hydrogens (tertiary/aromatic N) is 4. The number of aryl methyl sites for hydroxylation is 1. The predicted octanol–water partition coefficient (Wildman–Crippen LogP) is 2.05. The van der Waals surface area contributed by atoms with Gasteiger partial charge in [0.2, 0.25) is 0 Å². The Kier molecular flexibility index (Phi) is 3.66. The molecule has 3 heterocycles. The van der Waals surface area contributed by atoms with Gasteiger partial charge in [0.1, 0.15) is 11.5 Å². The second-order valence-corrected chi connectivity index (χ2v) is 4.99. The fraction of sp³-hybridized carbons (Fsp3) is 0.429. The maximum atomic E-state index is 10.8. The van der Waals surface area contributed by atoms with E-state index in [1.54, 1.807) is 10.7 Å². The first-order chi connectivity index (χ1) is 10.1. The molecule has 1 N–H and O–H groups in total. The first-order valence-corrected chi connectivity index (χ1v) is 6.89. The van der Waals surface area contributed by atoms with Crippen LogP contribution in [0.3, 0.4) is 0 Å². The lowest BCUT2D eigenvalue weighted by atomic mass is 10.2. The van der Waals surface area contributed by atoms with Crippen LogP contribution in [0.4, 0.5) is 0 Å². The number of rotatable bonds is 3. The van der Waals surface area contributed by atoms with Crippen LogP contribution in [0.2, 0.25) is 0 Å². The van der Waals surface area contributed by atoms with Crippen LogP contribution in [0.15, 0.2) is 18.3 Å². The Morgan fingerprint density at radius 3 is 2.90 bits per heavy atom. The highest BCUT2D eigenvalue weighted by molar-refractivity contribution is 5.87. The molecule has 0 saturated carbocycles. The van der Waals surface area contributed by atoms with E-state index in [1.165, 1.54) is 12.3 Å². The van der Waals surface area contributed by atoms with E-state index in [9.17, 15) is 4.79 Å². The van der Waals surface area contributed by atoms with Gasteiger partial charge in [-0.05, 0) is 38.3 Å². The van der Waals surface area contributed by atoms with Crippen LogP contribution in [0, 0.1) is 6.92 Å². The number of carboxylic acid groups (broad SMARTS) is 1. The molecule has 0 amide bonds. The zero-order valence-electron chi connectivity index (χ0n) is 11.7. The highest BCUT2D eigenvalue weighted by Crippen LogP contribution is 2.24. The fourth-order valence-corrected chi connectivity index (χ4v) is 2.35. The van der Waals surface area contributed by atoms with E-state index in [4.69, 9.17) is 9.84 Å². The summed E-state index contributed by atoms with van der Waals surface area (Å²) < 4.78 is 7.49. The van der Waals surface area contributed by atoms with Crippen LogP contribution >= 0.6 is 0 Å². The van der Waals surface area contributed by atoms with Crippen molar-refractivity contribution in [2.45, 2.75) is 32.4 Å². The van der Waals surface area contributed by atoms with Crippen molar-refractivity contribution in [3.63, 3.8) is 0 Å². The smallest absolute Gasteiger partial charge is 0.337 e. The van der Waals surface area contributed by atoms with E-state index in [0.717, 1.165) is 31.7 Å². The van der Waals surface area contributed by atoms with Crippen LogP contribution < -0.4 is 0 Å². The van der Waals surface area contributed by atoms with Crippen LogP contribution in [0.25, 0.3) is 11.5 Å². The SMILES string of the molecule is Cc1nc(-c2ccc(C(=O)O)cn2)nn1C1CCCCO1. The number of ether oxygens (including phenoxy) is 1. The zero-order chi connectivity index (χ0) is 14.8. The summed E-state index contributed by atoms with van der Waals surface area (Å²) in [6.45, 7) is 2.62. The normalized spacial score (nSPS) is 18.6. The third kappa shape index (κ3) is 2.78. The van der Waals surface area contributed by atoms with Gasteiger partial charge in [0.15, 0.2) is 12.1 Å². The second kappa shape index (κ2) is 5.61. The summed E-state index contributed by atoms with van der Waals surface area (Å²) in [5, 5.41) is 13.3. The highest BCUT2D eigenvalue weighted by atomic mass is 16.5. The number of pyridine rings is 1. The number of hydrogen-bond acceptors (Lipinski definition) is 5. The van der Waals surface area contributed by atoms with Gasteiger partial charge in [0.05, 0.1) is 5.56 Å². The Balaban J connectivity index is 1.87. The number of carboxylic acids is 1. The van der Waals surface area contributed by atoms with Crippen molar-refractivity contribution in [1.82, 2.24) is 19.7 Å². The van der Waals surface area contributed by atoms with Gasteiger partial charge in [-0.3, -0.25) is 4.98 Å². The van der Waals surface area contributed by atoms with Crippen molar-refractivity contribution < 1.29 is 14.6 Å². The summed E-state index contributed by atoms with van der Waals surface area (Å²) in [6.07, 6.45) is 4.36. The molecule has 2 aromatic rings. The lowest BCUT2D eigenvalue weighted by Gasteiger charge is -2.23. The lowest BCUT2D eigenvalue weighted by molar-refractivity contribution is -0.0408. The first-order valence-electron chi connectivity index (χ1n) is 6.89. The van der Waals surface area contributed by atoms with Crippen molar-refractivity contribution in [3.05, 3.63) is 29.7 Å². The molecule has 7 heteroatoms. The average molecular weight is 288 g/mol. The van der Waals surface area contributed by atoms with Crippen molar-refractivity contribution in [2.24, 2.45) is 0 Å². The second-order valence-electron chi connectivity index (χ2n) is 4.99. The summed E-state index contributed by atoms with van der Waals surface area (Å²) in [7, 11) is 0. The van der Waals surface area contributed by atoms with Gasteiger partial charge in [-0.25, -0.2) is 14.5 Å². The van der Waals surface area contributed by atoms with Crippen LogP contribution in [-0.2, 0) is 4.74 Å². The predicted molar refractivity (Wildman–Crippen MR) is 73.8 cm³/mol. The molecule has 3 rings (SSSR count). The van der Waals surface area contributed by atoms with E-state index >= 15 is 0 Å². The van der Waals surface area contributed by atoms with Gasteiger partial charge in [0, 0.05) is 12.8 Å². The maximum absolute atomic E-state index is 10.8. The molecule has 1 aliphatic rings. The number of aromatic carboxylic acids is 1. The van der Waals surface area contributed by atoms with Gasteiger partial charge < -0.3 is 9.84 Å². The minimum absolute atomic E-state index is 0.0710. The Morgan fingerprint density at radius 2 is 2.29 bits per heavy atom. The molecule has 0 spiro atoms. The quantitative estimate of drug-likeness (QED) is 0.929. The fourth-order valence-electron chi connectivity index (χ4n) is 2.35. The minimum atomic E-state index is -1.00. The Hall–Kier alpha value is -2.28. The van der Waals surface area contributed by atoms with Crippen molar-refractivity contribution >= 4 is 5.97 Å². The topological polar surface area (TPSA) is 90.1 Å². The summed E-state index contributed by atoms with van der Waals surface area (Å²) >= 11 is 0. The molecule has 110 valence electrons. The third-order valence-corrected chi connectivity index (χ3v) is 3.47. The molecule has 1 aliphatic heterocycles. The van der Waals surface area contributed by atoms with E-state index in [-0.39, 0.29) is 11.8 Å². The van der Waals surface area contributed by atoms with E-state index in [1.807, 2.05) is 6.92 Å². The minimum Gasteiger partial charge on any atom is -0.478 e. The molecule has 0 aromatic carbocycles. The molecule has 1 atom stereocenters. The Bertz CT molecular complexity index is 645. The molecule has 0 radical (unpaired) electrons. The van der Waals surface area contributed by atoms with Crippen LogP contribution in [0.5, 0.6) is 0 Å². The number of carbonyl (C=O) groups is 1. The van der Waals surface area contributed by atoms with Crippen molar-refractivity contribution in [3.8, 4) is 11.5 Å². The van der Waals surface area contributed by atoms with Crippen LogP contribution in [0.1, 0.15) is 41.7 Å². The van der Waals surface area contributed by atoms with Gasteiger partial charge in [-0.1, -0.05) is 0 Å². The standard InChI is InChI=1S/C14H16N4O3/c1-9-16-13(11-6-5-10(8-15-11)14(19)20)17-18(9)12-4-2-3-7-21-12/h5-6,8,12H,2-4,7H2,1H3,(H,19,20). The third-order valence-electron chi connectivity index (χ3n) is 3.47. The van der Waals surface area contributed by atoms with Gasteiger partial charge in [0.25, 0.3) is 0 Å². The zero-order valence-corrected chi connectivity index (χ0v) is 11.7. The number of hydrogen-bond donors (Lipinski definition) is 1. The van der Waals surface area contributed by atoms with Crippen molar-refractivity contribution in [1.29, 1.82) is 0 Å². The van der Waals surface area contributed by atoms with E-state index < -0.39 is 5.97 Å². The van der Waals surface area contributed by atoms with Gasteiger partial charge in [-0.2, -0.15) is 0 Å². The van der Waals surface area contributed by atoms with Crippen LogP contribution in [-0.4, -0.2) is 37.4 Å². The lowest BCUT2D eigenvalue weighted by Crippen LogP contribution is -2.20. The molecule has 1 unspecified atom stereocenters. The Morgan fingerprint density at radius 1 is 1.43 bits per heavy atom. The Labute approximate surface area is 121 Å². The molecule has 7 nitrogen and oxygen atoms in total. The maximum Gasteiger partial charge on any atom is 0.337 e. The van der Waals surface area contributed by atoms with E-state index in [2.05, 4.69) is 15.1 Å². The molecule has 0 aliphatic carbocycles. The summed E-state index contributed by atoms with van der Waals surface area (Å²) in [6, 6.07) is 3.11. The monoisotopic (exact) mass is 288 g/mol. The largest absolute Gasteiger partial charge is 0.478 e. The molecular weight excluding hydrogens is 272 g/mol. The molecule has 0 bridgehead atoms. The highest BCUT2D eigenvalue weighted by Gasteiger charge is 2.20.